The van der Waals surface area contributed by atoms with Gasteiger partial charge in [-0.1, -0.05) is 31.2 Å². The number of piperidine rings is 1. The summed E-state index contributed by atoms with van der Waals surface area (Å²) >= 11 is 1.51. The molecule has 2 aliphatic rings. The largest absolute Gasteiger partial charge is 0.327 e. The van der Waals surface area contributed by atoms with E-state index in [1.165, 1.54) is 16.2 Å². The van der Waals surface area contributed by atoms with Crippen molar-refractivity contribution >= 4 is 34.9 Å². The number of urea groups is 1. The molecular formula is C22H26N4O3S. The number of amides is 4. The quantitative estimate of drug-likeness (QED) is 0.744. The van der Waals surface area contributed by atoms with Crippen LogP contribution in [0.15, 0.2) is 41.8 Å². The molecule has 1 aromatic heterocycles. The maximum atomic E-state index is 13.3. The summed E-state index contributed by atoms with van der Waals surface area (Å²) in [6, 6.07) is 10.3. The van der Waals surface area contributed by atoms with Gasteiger partial charge >= 0.3 is 6.03 Å². The molecule has 2 N–H and O–H groups in total. The first-order valence-electron chi connectivity index (χ1n) is 10.3. The Labute approximate surface area is 180 Å². The SMILES string of the molecule is CCc1ccccc1NC(=O)CN1C(=O)N(Cc2cccs2)C(=O)C2NCCCC21. The number of nitrogens with zero attached hydrogens (tertiary/aromatic N) is 2. The molecule has 0 aliphatic carbocycles. The van der Waals surface area contributed by atoms with Gasteiger partial charge in [-0.15, -0.1) is 11.3 Å². The first kappa shape index (κ1) is 20.6. The van der Waals surface area contributed by atoms with Crippen molar-refractivity contribution in [3.8, 4) is 0 Å². The first-order chi connectivity index (χ1) is 14.6. The van der Waals surface area contributed by atoms with Crippen LogP contribution in [0.1, 0.15) is 30.2 Å². The number of hydrogen-bond donors (Lipinski definition) is 2. The smallest absolute Gasteiger partial charge is 0.324 e. The van der Waals surface area contributed by atoms with E-state index < -0.39 is 12.1 Å². The van der Waals surface area contributed by atoms with Gasteiger partial charge in [0, 0.05) is 10.6 Å². The summed E-state index contributed by atoms with van der Waals surface area (Å²) in [6.45, 7) is 2.92. The molecule has 2 unspecified atom stereocenters. The fourth-order valence-electron chi connectivity index (χ4n) is 4.20. The molecule has 4 rings (SSSR count). The minimum atomic E-state index is -0.466. The maximum Gasteiger partial charge on any atom is 0.327 e. The average molecular weight is 427 g/mol. The van der Waals surface area contributed by atoms with Crippen molar-refractivity contribution in [1.82, 2.24) is 15.1 Å². The standard InChI is InChI=1S/C22H26N4O3S/c1-2-15-7-3-4-9-17(15)24-19(27)14-25-18-10-5-11-23-20(18)21(28)26(22(25)29)13-16-8-6-12-30-16/h3-4,6-9,12,18,20,23H,2,5,10-11,13-14H2,1H3,(H,24,27). The van der Waals surface area contributed by atoms with Gasteiger partial charge in [-0.2, -0.15) is 0 Å². The van der Waals surface area contributed by atoms with Crippen LogP contribution < -0.4 is 10.6 Å². The van der Waals surface area contributed by atoms with Gasteiger partial charge in [-0.05, 0) is 48.9 Å². The topological polar surface area (TPSA) is 81.8 Å². The molecule has 8 heteroatoms. The molecule has 2 saturated heterocycles. The molecule has 0 spiro atoms. The fraction of sp³-hybridized carbons (Fsp3) is 0.409. The van der Waals surface area contributed by atoms with Crippen LogP contribution in [0.3, 0.4) is 0 Å². The third-order valence-electron chi connectivity index (χ3n) is 5.72. The molecule has 158 valence electrons. The lowest BCUT2D eigenvalue weighted by Crippen LogP contribution is -2.69. The molecule has 4 amide bonds. The minimum absolute atomic E-state index is 0.0754. The third kappa shape index (κ3) is 4.11. The van der Waals surface area contributed by atoms with Gasteiger partial charge in [-0.25, -0.2) is 4.79 Å². The Balaban J connectivity index is 1.54. The van der Waals surface area contributed by atoms with Crippen molar-refractivity contribution in [1.29, 1.82) is 0 Å². The Hall–Kier alpha value is -2.71. The molecular weight excluding hydrogens is 400 g/mol. The molecule has 30 heavy (non-hydrogen) atoms. The maximum absolute atomic E-state index is 13.3. The van der Waals surface area contributed by atoms with Crippen molar-refractivity contribution in [3.63, 3.8) is 0 Å². The molecule has 1 aromatic carbocycles. The summed E-state index contributed by atoms with van der Waals surface area (Å²) in [6.07, 6.45) is 2.38. The Kier molecular flexibility index (Phi) is 6.15. The molecule has 2 aliphatic heterocycles. The van der Waals surface area contributed by atoms with Gasteiger partial charge < -0.3 is 15.5 Å². The van der Waals surface area contributed by atoms with Crippen molar-refractivity contribution in [2.24, 2.45) is 0 Å². The van der Waals surface area contributed by atoms with Crippen molar-refractivity contribution in [2.75, 3.05) is 18.4 Å². The van der Waals surface area contributed by atoms with E-state index in [9.17, 15) is 14.4 Å². The molecule has 0 bridgehead atoms. The molecule has 2 atom stereocenters. The molecule has 0 radical (unpaired) electrons. The van der Waals surface area contributed by atoms with E-state index in [1.807, 2.05) is 48.7 Å². The molecule has 2 aromatic rings. The highest BCUT2D eigenvalue weighted by Crippen LogP contribution is 2.27. The number of fused-ring (bicyclic) bond motifs is 1. The number of anilines is 1. The van der Waals surface area contributed by atoms with Gasteiger partial charge in [0.15, 0.2) is 0 Å². The normalized spacial score (nSPS) is 21.5. The Morgan fingerprint density at radius 3 is 2.83 bits per heavy atom. The lowest BCUT2D eigenvalue weighted by Gasteiger charge is -2.46. The zero-order chi connectivity index (χ0) is 21.1. The van der Waals surface area contributed by atoms with Crippen molar-refractivity contribution < 1.29 is 14.4 Å². The Morgan fingerprint density at radius 1 is 1.23 bits per heavy atom. The highest BCUT2D eigenvalue weighted by Gasteiger charge is 2.47. The van der Waals surface area contributed by atoms with E-state index >= 15 is 0 Å². The number of hydrogen-bond acceptors (Lipinski definition) is 5. The highest BCUT2D eigenvalue weighted by atomic mass is 32.1. The monoisotopic (exact) mass is 426 g/mol. The lowest BCUT2D eigenvalue weighted by atomic mass is 9.93. The molecule has 2 fully saturated rings. The van der Waals surface area contributed by atoms with Crippen molar-refractivity contribution in [2.45, 2.75) is 44.8 Å². The lowest BCUT2D eigenvalue weighted by molar-refractivity contribution is -0.138. The Bertz CT molecular complexity index is 930. The number of imide groups is 1. The average Bonchev–Trinajstić information content (AvgIpc) is 3.28. The second-order valence-electron chi connectivity index (χ2n) is 7.61. The summed E-state index contributed by atoms with van der Waals surface area (Å²) in [7, 11) is 0. The van der Waals surface area contributed by atoms with Gasteiger partial charge in [0.2, 0.25) is 11.8 Å². The first-order valence-corrected chi connectivity index (χ1v) is 11.2. The van der Waals surface area contributed by atoms with E-state index in [4.69, 9.17) is 0 Å². The van der Waals surface area contributed by atoms with Crippen LogP contribution in [0, 0.1) is 0 Å². The highest BCUT2D eigenvalue weighted by molar-refractivity contribution is 7.09. The second-order valence-corrected chi connectivity index (χ2v) is 8.65. The van der Waals surface area contributed by atoms with Crippen LogP contribution in [-0.2, 0) is 22.6 Å². The predicted octanol–water partition coefficient (Wildman–Crippen LogP) is 2.83. The summed E-state index contributed by atoms with van der Waals surface area (Å²) in [4.78, 5) is 42.9. The number of carbonyl (C=O) groups excluding carboxylic acids is 3. The zero-order valence-corrected chi connectivity index (χ0v) is 17.8. The zero-order valence-electron chi connectivity index (χ0n) is 17.0. The van der Waals surface area contributed by atoms with Gasteiger partial charge in [0.1, 0.15) is 12.6 Å². The number of benzene rings is 1. The minimum Gasteiger partial charge on any atom is -0.324 e. The van der Waals surface area contributed by atoms with Gasteiger partial charge in [-0.3, -0.25) is 14.5 Å². The van der Waals surface area contributed by atoms with E-state index in [0.29, 0.717) is 6.42 Å². The fourth-order valence-corrected chi connectivity index (χ4v) is 4.89. The van der Waals surface area contributed by atoms with Crippen LogP contribution in [0.5, 0.6) is 0 Å². The van der Waals surface area contributed by atoms with E-state index in [-0.39, 0.29) is 30.9 Å². The number of carbonyl (C=O) groups is 3. The summed E-state index contributed by atoms with van der Waals surface area (Å²) < 4.78 is 0. The summed E-state index contributed by atoms with van der Waals surface area (Å²) in [5, 5.41) is 8.12. The van der Waals surface area contributed by atoms with Crippen LogP contribution in [-0.4, -0.2) is 52.8 Å². The van der Waals surface area contributed by atoms with Crippen LogP contribution in [0.25, 0.3) is 0 Å². The number of nitrogens with one attached hydrogen (secondary N) is 2. The molecule has 7 nitrogen and oxygen atoms in total. The third-order valence-corrected chi connectivity index (χ3v) is 6.58. The molecule has 0 saturated carbocycles. The predicted molar refractivity (Wildman–Crippen MR) is 116 cm³/mol. The Morgan fingerprint density at radius 2 is 2.07 bits per heavy atom. The van der Waals surface area contributed by atoms with E-state index in [0.717, 1.165) is 35.5 Å². The number of thiophene rings is 1. The summed E-state index contributed by atoms with van der Waals surface area (Å²) in [5.74, 6) is -0.454. The number of para-hydroxylation sites is 1. The van der Waals surface area contributed by atoms with E-state index in [1.54, 1.807) is 4.90 Å². The van der Waals surface area contributed by atoms with Crippen LogP contribution in [0.2, 0.25) is 0 Å². The van der Waals surface area contributed by atoms with Gasteiger partial charge in [0.25, 0.3) is 0 Å². The number of rotatable bonds is 6. The van der Waals surface area contributed by atoms with Crippen molar-refractivity contribution in [3.05, 3.63) is 52.2 Å². The van der Waals surface area contributed by atoms with E-state index in [2.05, 4.69) is 10.6 Å². The van der Waals surface area contributed by atoms with Crippen LogP contribution >= 0.6 is 11.3 Å². The molecule has 3 heterocycles. The van der Waals surface area contributed by atoms with Gasteiger partial charge in [0.05, 0.1) is 12.6 Å². The number of aryl methyl sites for hydroxylation is 1. The second kappa shape index (κ2) is 8.97. The summed E-state index contributed by atoms with van der Waals surface area (Å²) in [5.41, 5.74) is 1.81. The van der Waals surface area contributed by atoms with Crippen LogP contribution in [0.4, 0.5) is 10.5 Å².